The van der Waals surface area contributed by atoms with Gasteiger partial charge in [-0.3, -0.25) is 9.48 Å². The molecule has 1 aliphatic rings. The van der Waals surface area contributed by atoms with Gasteiger partial charge in [0.2, 0.25) is 5.91 Å². The van der Waals surface area contributed by atoms with Crippen molar-refractivity contribution >= 4 is 17.7 Å². The molecule has 1 amide bonds. The summed E-state index contributed by atoms with van der Waals surface area (Å²) in [5.41, 5.74) is 4.07. The Balaban J connectivity index is 2.33. The van der Waals surface area contributed by atoms with E-state index in [1.165, 1.54) is 0 Å². The van der Waals surface area contributed by atoms with Crippen molar-refractivity contribution in [3.8, 4) is 11.8 Å². The molecule has 5 heteroatoms. The molecule has 0 aromatic carbocycles. The molecule has 1 aromatic rings. The molecular formula is C17H21N3OS. The molecule has 0 bridgehead atoms. The van der Waals surface area contributed by atoms with Crippen LogP contribution in [0.2, 0.25) is 0 Å². The van der Waals surface area contributed by atoms with E-state index in [0.29, 0.717) is 6.42 Å². The van der Waals surface area contributed by atoms with Crippen LogP contribution in [0.3, 0.4) is 0 Å². The van der Waals surface area contributed by atoms with Crippen molar-refractivity contribution in [1.29, 1.82) is 0 Å². The third-order valence-corrected chi connectivity index (χ3v) is 5.07. The molecule has 0 atom stereocenters. The summed E-state index contributed by atoms with van der Waals surface area (Å²) < 4.78 is 1.74. The van der Waals surface area contributed by atoms with E-state index in [2.05, 4.69) is 23.9 Å². The Morgan fingerprint density at radius 2 is 2.09 bits per heavy atom. The van der Waals surface area contributed by atoms with Crippen LogP contribution in [0.15, 0.2) is 34.1 Å². The van der Waals surface area contributed by atoms with Gasteiger partial charge in [0.1, 0.15) is 0 Å². The Morgan fingerprint density at radius 3 is 2.73 bits per heavy atom. The molecule has 0 fully saturated rings. The molecule has 0 saturated carbocycles. The Bertz CT molecular complexity index is 716. The first kappa shape index (κ1) is 16.4. The number of nitrogens with zero attached hydrogens (tertiary/aromatic N) is 3. The second-order valence-electron chi connectivity index (χ2n) is 5.37. The lowest BCUT2D eigenvalue weighted by atomic mass is 10.1. The highest BCUT2D eigenvalue weighted by Gasteiger charge is 2.20. The predicted octanol–water partition coefficient (Wildman–Crippen LogP) is 2.93. The van der Waals surface area contributed by atoms with Gasteiger partial charge >= 0.3 is 0 Å². The first-order valence-corrected chi connectivity index (χ1v) is 8.17. The lowest BCUT2D eigenvalue weighted by Crippen LogP contribution is -2.24. The van der Waals surface area contributed by atoms with Gasteiger partial charge in [0.25, 0.3) is 0 Å². The molecule has 22 heavy (non-hydrogen) atoms. The van der Waals surface area contributed by atoms with Gasteiger partial charge in [0, 0.05) is 48.6 Å². The SMILES string of the molecule is CC1=C(/C(C)=C(\C)C#Cc2cnn(C)c2)SCCC(=O)N1C. The topological polar surface area (TPSA) is 38.1 Å². The van der Waals surface area contributed by atoms with Gasteiger partial charge in [-0.25, -0.2) is 0 Å². The molecule has 4 nitrogen and oxygen atoms in total. The molecule has 0 radical (unpaired) electrons. The van der Waals surface area contributed by atoms with Crippen LogP contribution in [-0.2, 0) is 11.8 Å². The van der Waals surface area contributed by atoms with Crippen molar-refractivity contribution in [2.45, 2.75) is 27.2 Å². The van der Waals surface area contributed by atoms with E-state index in [0.717, 1.165) is 33.1 Å². The summed E-state index contributed by atoms with van der Waals surface area (Å²) in [6.07, 6.45) is 4.23. The van der Waals surface area contributed by atoms with Crippen LogP contribution >= 0.6 is 11.8 Å². The molecule has 1 aliphatic heterocycles. The summed E-state index contributed by atoms with van der Waals surface area (Å²) in [7, 11) is 3.72. The maximum atomic E-state index is 11.9. The monoisotopic (exact) mass is 315 g/mol. The summed E-state index contributed by atoms with van der Waals surface area (Å²) in [5, 5.41) is 4.11. The number of amides is 1. The number of carbonyl (C=O) groups excluding carboxylic acids is 1. The maximum absolute atomic E-state index is 11.9. The number of aryl methyl sites for hydroxylation is 1. The molecule has 0 unspecified atom stereocenters. The van der Waals surface area contributed by atoms with E-state index in [1.807, 2.05) is 34.1 Å². The van der Waals surface area contributed by atoms with Gasteiger partial charge in [-0.2, -0.15) is 5.10 Å². The Labute approximate surface area is 136 Å². The molecule has 2 heterocycles. The van der Waals surface area contributed by atoms with Crippen molar-refractivity contribution in [3.05, 3.63) is 39.7 Å². The number of rotatable bonds is 1. The fraction of sp³-hybridized carbons (Fsp3) is 0.412. The van der Waals surface area contributed by atoms with E-state index in [-0.39, 0.29) is 5.91 Å². The van der Waals surface area contributed by atoms with Gasteiger partial charge in [-0.05, 0) is 26.3 Å². The average molecular weight is 315 g/mol. The summed E-state index contributed by atoms with van der Waals surface area (Å²) in [6, 6.07) is 0. The lowest BCUT2D eigenvalue weighted by molar-refractivity contribution is -0.127. The summed E-state index contributed by atoms with van der Waals surface area (Å²) in [4.78, 5) is 14.8. The van der Waals surface area contributed by atoms with Gasteiger partial charge in [-0.1, -0.05) is 11.8 Å². The quantitative estimate of drug-likeness (QED) is 0.748. The smallest absolute Gasteiger partial charge is 0.227 e. The zero-order valence-corrected chi connectivity index (χ0v) is 14.5. The fourth-order valence-electron chi connectivity index (χ4n) is 2.15. The molecule has 0 aliphatic carbocycles. The minimum absolute atomic E-state index is 0.173. The number of allylic oxidation sites excluding steroid dienone is 3. The zero-order valence-electron chi connectivity index (χ0n) is 13.7. The third-order valence-electron chi connectivity index (χ3n) is 3.77. The van der Waals surface area contributed by atoms with E-state index >= 15 is 0 Å². The second kappa shape index (κ2) is 6.89. The predicted molar refractivity (Wildman–Crippen MR) is 91.0 cm³/mol. The molecule has 2 rings (SSSR count). The average Bonchev–Trinajstić information content (AvgIpc) is 2.87. The minimum Gasteiger partial charge on any atom is -0.318 e. The number of hydrogen-bond donors (Lipinski definition) is 0. The Kier molecular flexibility index (Phi) is 5.15. The minimum atomic E-state index is 0.173. The molecule has 1 aromatic heterocycles. The Morgan fingerprint density at radius 1 is 1.36 bits per heavy atom. The normalized spacial score (nSPS) is 17.0. The largest absolute Gasteiger partial charge is 0.318 e. The van der Waals surface area contributed by atoms with Gasteiger partial charge in [-0.15, -0.1) is 11.8 Å². The highest BCUT2D eigenvalue weighted by Crippen LogP contribution is 2.33. The highest BCUT2D eigenvalue weighted by molar-refractivity contribution is 8.03. The van der Waals surface area contributed by atoms with E-state index < -0.39 is 0 Å². The molecule has 0 spiro atoms. The van der Waals surface area contributed by atoms with Crippen molar-refractivity contribution in [1.82, 2.24) is 14.7 Å². The van der Waals surface area contributed by atoms with E-state index in [1.54, 1.807) is 27.5 Å². The van der Waals surface area contributed by atoms with Gasteiger partial charge in [0.15, 0.2) is 0 Å². The van der Waals surface area contributed by atoms with Crippen LogP contribution in [0.25, 0.3) is 0 Å². The van der Waals surface area contributed by atoms with Crippen LogP contribution in [0, 0.1) is 11.8 Å². The van der Waals surface area contributed by atoms with Crippen molar-refractivity contribution in [3.63, 3.8) is 0 Å². The first-order valence-electron chi connectivity index (χ1n) is 7.19. The second-order valence-corrected chi connectivity index (χ2v) is 6.47. The number of hydrogen-bond acceptors (Lipinski definition) is 3. The van der Waals surface area contributed by atoms with Crippen LogP contribution < -0.4 is 0 Å². The van der Waals surface area contributed by atoms with Gasteiger partial charge in [0.05, 0.1) is 11.8 Å². The number of thioether (sulfide) groups is 1. The summed E-state index contributed by atoms with van der Waals surface area (Å²) >= 11 is 1.74. The molecule has 0 saturated heterocycles. The van der Waals surface area contributed by atoms with Crippen LogP contribution in [0.4, 0.5) is 0 Å². The molecular weight excluding hydrogens is 294 g/mol. The highest BCUT2D eigenvalue weighted by atomic mass is 32.2. The first-order chi connectivity index (χ1) is 10.4. The standard InChI is InChI=1S/C17H21N3OS/c1-12(6-7-15-10-18-19(4)11-15)13(2)17-14(3)20(5)16(21)8-9-22-17/h10-11H,8-9H2,1-5H3/b13-12+. The van der Waals surface area contributed by atoms with Crippen LogP contribution in [0.5, 0.6) is 0 Å². The maximum Gasteiger partial charge on any atom is 0.227 e. The fourth-order valence-corrected chi connectivity index (χ4v) is 3.34. The number of aromatic nitrogens is 2. The summed E-state index contributed by atoms with van der Waals surface area (Å²) in [6.45, 7) is 6.09. The lowest BCUT2D eigenvalue weighted by Gasteiger charge is -2.18. The van der Waals surface area contributed by atoms with Crippen molar-refractivity contribution < 1.29 is 4.79 Å². The summed E-state index contributed by atoms with van der Waals surface area (Å²) in [5.74, 6) is 7.32. The van der Waals surface area contributed by atoms with Crippen molar-refractivity contribution in [2.24, 2.45) is 7.05 Å². The van der Waals surface area contributed by atoms with E-state index in [4.69, 9.17) is 0 Å². The van der Waals surface area contributed by atoms with Crippen LogP contribution in [0.1, 0.15) is 32.8 Å². The Hall–Kier alpha value is -1.93. The van der Waals surface area contributed by atoms with Crippen molar-refractivity contribution in [2.75, 3.05) is 12.8 Å². The zero-order chi connectivity index (χ0) is 16.3. The van der Waals surface area contributed by atoms with Gasteiger partial charge < -0.3 is 4.90 Å². The number of carbonyl (C=O) groups is 1. The molecule has 116 valence electrons. The third kappa shape index (κ3) is 3.63. The van der Waals surface area contributed by atoms with E-state index in [9.17, 15) is 4.79 Å². The van der Waals surface area contributed by atoms with Crippen LogP contribution in [-0.4, -0.2) is 33.4 Å². The molecule has 0 N–H and O–H groups in total.